The average molecular weight is 363 g/mol. The molecule has 2 atom stereocenters. The lowest BCUT2D eigenvalue weighted by Gasteiger charge is -2.21. The van der Waals surface area contributed by atoms with E-state index in [2.05, 4.69) is 34.9 Å². The van der Waals surface area contributed by atoms with E-state index in [1.165, 1.54) is 16.3 Å². The Balaban J connectivity index is 1.44. The Morgan fingerprint density at radius 3 is 2.76 bits per heavy atom. The number of phosphoric ester groups is 1. The number of nitrogens with zero attached hydrogens (tertiary/aromatic N) is 1. The van der Waals surface area contributed by atoms with Crippen LogP contribution < -0.4 is 0 Å². The zero-order chi connectivity index (χ0) is 17.7. The molecule has 132 valence electrons. The van der Waals surface area contributed by atoms with Crippen molar-refractivity contribution in [1.82, 2.24) is 4.90 Å². The number of likely N-dealkylation sites (tertiary alicyclic amines) is 1. The van der Waals surface area contributed by atoms with Gasteiger partial charge in [-0.1, -0.05) is 42.5 Å². The molecule has 7 nitrogen and oxygen atoms in total. The van der Waals surface area contributed by atoms with Crippen molar-refractivity contribution in [2.24, 2.45) is 5.92 Å². The Morgan fingerprint density at radius 1 is 1.24 bits per heavy atom. The van der Waals surface area contributed by atoms with E-state index >= 15 is 0 Å². The largest absolute Gasteiger partial charge is 0.472 e. The van der Waals surface area contributed by atoms with Gasteiger partial charge in [-0.3, -0.25) is 0 Å². The van der Waals surface area contributed by atoms with Gasteiger partial charge in [0.1, 0.15) is 0 Å². The maximum absolute atomic E-state index is 12.1. The van der Waals surface area contributed by atoms with Gasteiger partial charge in [0.25, 0.3) is 0 Å². The molecule has 2 aliphatic rings. The van der Waals surface area contributed by atoms with Crippen LogP contribution in [0.2, 0.25) is 0 Å². The Hall–Kier alpha value is -1.92. The average Bonchev–Trinajstić information content (AvgIpc) is 3.14. The minimum atomic E-state index is -4.64. The highest BCUT2D eigenvalue weighted by molar-refractivity contribution is 7.46. The fraction of sp³-hybridized carbons (Fsp3) is 0.353. The Bertz CT molecular complexity index is 880. The van der Waals surface area contributed by atoms with Gasteiger partial charge in [-0.25, -0.2) is 13.9 Å². The van der Waals surface area contributed by atoms with Gasteiger partial charge in [0.05, 0.1) is 0 Å². The van der Waals surface area contributed by atoms with Gasteiger partial charge < -0.3 is 19.4 Å². The van der Waals surface area contributed by atoms with E-state index in [9.17, 15) is 9.36 Å². The molecule has 2 aromatic rings. The molecule has 4 rings (SSSR count). The molecule has 1 heterocycles. The molecular formula is C17H18NO6P. The van der Waals surface area contributed by atoms with E-state index in [0.29, 0.717) is 19.0 Å². The van der Waals surface area contributed by atoms with Gasteiger partial charge in [0.15, 0.2) is 0 Å². The Labute approximate surface area is 144 Å². The third kappa shape index (κ3) is 3.16. The van der Waals surface area contributed by atoms with Crippen LogP contribution in [0.1, 0.15) is 12.0 Å². The van der Waals surface area contributed by atoms with Gasteiger partial charge in [-0.2, -0.15) is 0 Å². The molecule has 8 heteroatoms. The van der Waals surface area contributed by atoms with Crippen molar-refractivity contribution in [2.75, 3.05) is 19.9 Å². The van der Waals surface area contributed by atoms with E-state index in [1.807, 2.05) is 12.1 Å². The van der Waals surface area contributed by atoms with E-state index in [-0.39, 0.29) is 5.41 Å². The SMILES string of the molecule is O=C(OCOP(=O)(O)O)N1C[C@H]2C[C@@]2(c2ccc3ccccc3c2)C1. The van der Waals surface area contributed by atoms with Crippen LogP contribution in [0, 0.1) is 5.92 Å². The van der Waals surface area contributed by atoms with Crippen LogP contribution in [0.5, 0.6) is 0 Å². The maximum Gasteiger partial charge on any atom is 0.472 e. The monoisotopic (exact) mass is 363 g/mol. The first-order valence-corrected chi connectivity index (χ1v) is 9.51. The van der Waals surface area contributed by atoms with Crippen molar-refractivity contribution >= 4 is 24.7 Å². The maximum atomic E-state index is 12.1. The van der Waals surface area contributed by atoms with Gasteiger partial charge in [-0.05, 0) is 28.7 Å². The standard InChI is InChI=1S/C17H18NO6P/c19-16(23-11-24-25(20,21)22)18-9-15-8-17(15,10-18)14-6-5-12-3-1-2-4-13(12)7-14/h1-7,15H,8-11H2,(H2,20,21,22)/t15-,17+/m1/s1. The molecule has 1 aliphatic heterocycles. The van der Waals surface area contributed by atoms with Crippen molar-refractivity contribution in [3.05, 3.63) is 48.0 Å². The molecule has 1 saturated heterocycles. The van der Waals surface area contributed by atoms with E-state index in [1.54, 1.807) is 4.90 Å². The summed E-state index contributed by atoms with van der Waals surface area (Å²) in [7, 11) is -4.64. The van der Waals surface area contributed by atoms with Gasteiger partial charge >= 0.3 is 13.9 Å². The number of amides is 1. The number of benzene rings is 2. The van der Waals surface area contributed by atoms with Crippen LogP contribution in [-0.4, -0.2) is 40.7 Å². The molecule has 0 radical (unpaired) electrons. The quantitative estimate of drug-likeness (QED) is 0.640. The minimum absolute atomic E-state index is 0.0346. The third-order valence-corrected chi connectivity index (χ3v) is 5.57. The van der Waals surface area contributed by atoms with Crippen molar-refractivity contribution < 1.29 is 28.4 Å². The lowest BCUT2D eigenvalue weighted by atomic mass is 9.93. The molecule has 0 spiro atoms. The smallest absolute Gasteiger partial charge is 0.422 e. The molecule has 1 amide bonds. The van der Waals surface area contributed by atoms with Crippen LogP contribution in [0.25, 0.3) is 10.8 Å². The lowest BCUT2D eigenvalue weighted by Crippen LogP contribution is -2.33. The van der Waals surface area contributed by atoms with E-state index < -0.39 is 20.7 Å². The second kappa shape index (κ2) is 5.81. The van der Waals surface area contributed by atoms with Crippen molar-refractivity contribution in [2.45, 2.75) is 11.8 Å². The second-order valence-corrected chi connectivity index (χ2v) is 7.89. The number of fused-ring (bicyclic) bond motifs is 2. The number of hydrogen-bond acceptors (Lipinski definition) is 4. The predicted molar refractivity (Wildman–Crippen MR) is 89.8 cm³/mol. The van der Waals surface area contributed by atoms with Crippen LogP contribution in [0.3, 0.4) is 0 Å². The number of carbonyl (C=O) groups excluding carboxylic acids is 1. The lowest BCUT2D eigenvalue weighted by molar-refractivity contribution is 0.0218. The highest BCUT2D eigenvalue weighted by atomic mass is 31.2. The van der Waals surface area contributed by atoms with Crippen LogP contribution >= 0.6 is 7.82 Å². The molecule has 0 bridgehead atoms. The molecule has 1 saturated carbocycles. The van der Waals surface area contributed by atoms with E-state index in [4.69, 9.17) is 14.5 Å². The molecule has 2 aromatic carbocycles. The summed E-state index contributed by atoms with van der Waals surface area (Å²) < 4.78 is 19.6. The normalized spacial score (nSPS) is 25.0. The fourth-order valence-corrected chi connectivity index (χ4v) is 3.99. The summed E-state index contributed by atoms with van der Waals surface area (Å²) in [6, 6.07) is 14.6. The summed E-state index contributed by atoms with van der Waals surface area (Å²) in [4.78, 5) is 30.8. The summed E-state index contributed by atoms with van der Waals surface area (Å²) in [5, 5.41) is 2.36. The molecule has 0 aromatic heterocycles. The number of carbonyl (C=O) groups is 1. The van der Waals surface area contributed by atoms with Crippen LogP contribution in [-0.2, 0) is 19.2 Å². The summed E-state index contributed by atoms with van der Waals surface area (Å²) >= 11 is 0. The fourth-order valence-electron chi connectivity index (χ4n) is 3.80. The van der Waals surface area contributed by atoms with Crippen LogP contribution in [0.15, 0.2) is 42.5 Å². The molecule has 25 heavy (non-hydrogen) atoms. The molecule has 0 unspecified atom stereocenters. The third-order valence-electron chi connectivity index (χ3n) is 5.13. The molecule has 1 aliphatic carbocycles. The molecular weight excluding hydrogens is 345 g/mol. The second-order valence-electron chi connectivity index (χ2n) is 6.65. The number of ether oxygens (including phenoxy) is 1. The first-order chi connectivity index (χ1) is 11.9. The van der Waals surface area contributed by atoms with Crippen molar-refractivity contribution in [1.29, 1.82) is 0 Å². The predicted octanol–water partition coefficient (Wildman–Crippen LogP) is 2.62. The number of phosphoric acid groups is 1. The first-order valence-electron chi connectivity index (χ1n) is 7.98. The number of rotatable bonds is 4. The Kier molecular flexibility index (Phi) is 3.85. The topological polar surface area (TPSA) is 96.3 Å². The minimum Gasteiger partial charge on any atom is -0.422 e. The molecule has 2 fully saturated rings. The zero-order valence-electron chi connectivity index (χ0n) is 13.4. The van der Waals surface area contributed by atoms with Gasteiger partial charge in [0, 0.05) is 18.5 Å². The highest BCUT2D eigenvalue weighted by Crippen LogP contribution is 2.59. The van der Waals surface area contributed by atoms with E-state index in [0.717, 1.165) is 6.42 Å². The Morgan fingerprint density at radius 2 is 2.00 bits per heavy atom. The number of piperidine rings is 1. The van der Waals surface area contributed by atoms with Gasteiger partial charge in [0.2, 0.25) is 6.79 Å². The van der Waals surface area contributed by atoms with Crippen molar-refractivity contribution in [3.8, 4) is 0 Å². The van der Waals surface area contributed by atoms with Gasteiger partial charge in [-0.15, -0.1) is 0 Å². The summed E-state index contributed by atoms with van der Waals surface area (Å²) in [5.41, 5.74) is 1.19. The first kappa shape index (κ1) is 16.5. The van der Waals surface area contributed by atoms with Crippen LogP contribution in [0.4, 0.5) is 4.79 Å². The summed E-state index contributed by atoms with van der Waals surface area (Å²) in [6.45, 7) is 0.375. The summed E-state index contributed by atoms with van der Waals surface area (Å²) in [6.07, 6.45) is 0.425. The molecule has 2 N–H and O–H groups in total. The summed E-state index contributed by atoms with van der Waals surface area (Å²) in [5.74, 6) is 0.393. The zero-order valence-corrected chi connectivity index (χ0v) is 14.3. The highest BCUT2D eigenvalue weighted by Gasteiger charge is 2.61. The number of hydrogen-bond donors (Lipinski definition) is 2. The van der Waals surface area contributed by atoms with Crippen molar-refractivity contribution in [3.63, 3.8) is 0 Å².